The number of halogens is 1. The van der Waals surface area contributed by atoms with E-state index in [4.69, 9.17) is 0 Å². The Morgan fingerprint density at radius 3 is 2.75 bits per heavy atom. The molecule has 0 aliphatic heterocycles. The smallest absolute Gasteiger partial charge is 0.234 e. The number of benzene rings is 2. The largest absolute Gasteiger partial charge is 0.325 e. The summed E-state index contributed by atoms with van der Waals surface area (Å²) in [4.78, 5) is 16.5. The van der Waals surface area contributed by atoms with Crippen molar-refractivity contribution in [1.29, 1.82) is 0 Å². The number of aryl methyl sites for hydroxylation is 1. The van der Waals surface area contributed by atoms with Gasteiger partial charge in [-0.2, -0.15) is 0 Å². The molecule has 0 unspecified atom stereocenters. The Hall–Kier alpha value is -2.12. The zero-order chi connectivity index (χ0) is 16.9. The number of para-hydroxylation sites is 1. The lowest BCUT2D eigenvalue weighted by Crippen LogP contribution is -2.14. The normalized spacial score (nSPS) is 10.6. The lowest BCUT2D eigenvalue weighted by molar-refractivity contribution is -0.113. The number of aromatic nitrogens is 3. The van der Waals surface area contributed by atoms with E-state index >= 15 is 0 Å². The summed E-state index contributed by atoms with van der Waals surface area (Å²) in [6.07, 6.45) is 0. The number of carbonyl (C=O) groups is 1. The number of amides is 1. The van der Waals surface area contributed by atoms with Crippen molar-refractivity contribution in [2.24, 2.45) is 0 Å². The van der Waals surface area contributed by atoms with Crippen molar-refractivity contribution < 1.29 is 4.79 Å². The molecule has 0 atom stereocenters. The van der Waals surface area contributed by atoms with Gasteiger partial charge in [0.1, 0.15) is 0 Å². The van der Waals surface area contributed by atoms with Crippen molar-refractivity contribution in [2.45, 2.75) is 12.1 Å². The molecule has 5 nitrogen and oxygen atoms in total. The van der Waals surface area contributed by atoms with Gasteiger partial charge in [0.15, 0.2) is 5.82 Å². The number of aromatic amines is 1. The fourth-order valence-electron chi connectivity index (χ4n) is 2.11. The predicted octanol–water partition coefficient (Wildman–Crippen LogP) is 4.27. The van der Waals surface area contributed by atoms with E-state index in [1.807, 2.05) is 55.5 Å². The monoisotopic (exact) mass is 402 g/mol. The summed E-state index contributed by atoms with van der Waals surface area (Å²) in [7, 11) is 0. The third kappa shape index (κ3) is 4.04. The van der Waals surface area contributed by atoms with Crippen molar-refractivity contribution in [1.82, 2.24) is 15.2 Å². The molecule has 0 saturated carbocycles. The van der Waals surface area contributed by atoms with Crippen LogP contribution in [0.3, 0.4) is 0 Å². The average molecular weight is 403 g/mol. The number of anilines is 1. The maximum atomic E-state index is 12.1. The number of H-pyrrole nitrogens is 1. The molecule has 1 aromatic heterocycles. The van der Waals surface area contributed by atoms with Crippen molar-refractivity contribution in [3.63, 3.8) is 0 Å². The number of nitrogens with zero attached hydrogens (tertiary/aromatic N) is 2. The summed E-state index contributed by atoms with van der Waals surface area (Å²) >= 11 is 4.78. The van der Waals surface area contributed by atoms with Crippen molar-refractivity contribution in [2.75, 3.05) is 11.1 Å². The van der Waals surface area contributed by atoms with Gasteiger partial charge < -0.3 is 5.32 Å². The maximum Gasteiger partial charge on any atom is 0.234 e. The number of nitrogens with one attached hydrogen (secondary N) is 2. The topological polar surface area (TPSA) is 70.7 Å². The van der Waals surface area contributed by atoms with E-state index in [0.717, 1.165) is 21.3 Å². The van der Waals surface area contributed by atoms with Gasteiger partial charge in [0.2, 0.25) is 11.1 Å². The van der Waals surface area contributed by atoms with Crippen LogP contribution in [0, 0.1) is 6.92 Å². The van der Waals surface area contributed by atoms with Crippen LogP contribution in [0.25, 0.3) is 11.4 Å². The first-order valence-electron chi connectivity index (χ1n) is 7.29. The van der Waals surface area contributed by atoms with E-state index in [-0.39, 0.29) is 11.7 Å². The molecule has 3 rings (SSSR count). The Labute approximate surface area is 152 Å². The Balaban J connectivity index is 1.61. The molecule has 1 amide bonds. The number of thioether (sulfide) groups is 1. The highest BCUT2D eigenvalue weighted by Gasteiger charge is 2.11. The SMILES string of the molecule is Cc1ccccc1NC(=O)CSc1n[nH]c(-c2ccccc2Br)n1. The fourth-order valence-corrected chi connectivity index (χ4v) is 3.19. The second-order valence-corrected chi connectivity index (χ2v) is 6.90. The second kappa shape index (κ2) is 7.63. The van der Waals surface area contributed by atoms with Crippen LogP contribution >= 0.6 is 27.7 Å². The molecule has 2 aromatic carbocycles. The van der Waals surface area contributed by atoms with Gasteiger partial charge in [0.05, 0.1) is 5.75 Å². The Morgan fingerprint density at radius 1 is 1.21 bits per heavy atom. The molecule has 0 aliphatic rings. The van der Waals surface area contributed by atoms with Crippen LogP contribution in [0.2, 0.25) is 0 Å². The lowest BCUT2D eigenvalue weighted by atomic mass is 10.2. The van der Waals surface area contributed by atoms with E-state index in [1.54, 1.807) is 0 Å². The van der Waals surface area contributed by atoms with E-state index in [0.29, 0.717) is 11.0 Å². The highest BCUT2D eigenvalue weighted by atomic mass is 79.9. The maximum absolute atomic E-state index is 12.1. The molecule has 1 heterocycles. The first-order chi connectivity index (χ1) is 11.6. The van der Waals surface area contributed by atoms with Gasteiger partial charge in [-0.3, -0.25) is 9.89 Å². The first kappa shape index (κ1) is 16.7. The van der Waals surface area contributed by atoms with Gasteiger partial charge in [-0.15, -0.1) is 5.10 Å². The summed E-state index contributed by atoms with van der Waals surface area (Å²) in [5.74, 6) is 0.840. The van der Waals surface area contributed by atoms with E-state index in [2.05, 4.69) is 36.4 Å². The highest BCUT2D eigenvalue weighted by Crippen LogP contribution is 2.26. The number of hydrogen-bond acceptors (Lipinski definition) is 4. The van der Waals surface area contributed by atoms with Crippen LogP contribution in [0.15, 0.2) is 58.2 Å². The van der Waals surface area contributed by atoms with Crippen molar-refractivity contribution in [3.05, 3.63) is 58.6 Å². The average Bonchev–Trinajstić information content (AvgIpc) is 3.04. The summed E-state index contributed by atoms with van der Waals surface area (Å²) in [6.45, 7) is 1.96. The molecule has 7 heteroatoms. The van der Waals surface area contributed by atoms with Gasteiger partial charge in [-0.05, 0) is 24.6 Å². The van der Waals surface area contributed by atoms with Gasteiger partial charge in [0, 0.05) is 15.7 Å². The van der Waals surface area contributed by atoms with E-state index in [1.165, 1.54) is 11.8 Å². The van der Waals surface area contributed by atoms with Crippen LogP contribution in [-0.2, 0) is 4.79 Å². The molecule has 0 bridgehead atoms. The second-order valence-electron chi connectivity index (χ2n) is 5.10. The molecule has 122 valence electrons. The summed E-state index contributed by atoms with van der Waals surface area (Å²) in [5.41, 5.74) is 2.79. The standard InChI is InChI=1S/C17H15BrN4OS/c1-11-6-2-5-9-14(11)19-15(23)10-24-17-20-16(21-22-17)12-7-3-4-8-13(12)18/h2-9H,10H2,1H3,(H,19,23)(H,20,21,22). The minimum Gasteiger partial charge on any atom is -0.325 e. The van der Waals surface area contributed by atoms with Crippen LogP contribution in [0.4, 0.5) is 5.69 Å². The molecule has 3 aromatic rings. The third-order valence-corrected chi connectivity index (χ3v) is 4.88. The van der Waals surface area contributed by atoms with Gasteiger partial charge in [0.25, 0.3) is 0 Å². The number of hydrogen-bond donors (Lipinski definition) is 2. The molecule has 24 heavy (non-hydrogen) atoms. The van der Waals surface area contributed by atoms with Crippen LogP contribution in [-0.4, -0.2) is 26.8 Å². The van der Waals surface area contributed by atoms with E-state index < -0.39 is 0 Å². The summed E-state index contributed by atoms with van der Waals surface area (Å²) in [5, 5.41) is 10.5. The highest BCUT2D eigenvalue weighted by molar-refractivity contribution is 9.10. The van der Waals surface area contributed by atoms with Gasteiger partial charge >= 0.3 is 0 Å². The molecule has 0 aliphatic carbocycles. The number of rotatable bonds is 5. The van der Waals surface area contributed by atoms with E-state index in [9.17, 15) is 4.79 Å². The first-order valence-corrected chi connectivity index (χ1v) is 9.07. The number of carbonyl (C=O) groups excluding carboxylic acids is 1. The minimum absolute atomic E-state index is 0.0819. The molecular formula is C17H15BrN4OS. The van der Waals surface area contributed by atoms with Gasteiger partial charge in [-0.25, -0.2) is 4.98 Å². The zero-order valence-electron chi connectivity index (χ0n) is 12.9. The third-order valence-electron chi connectivity index (χ3n) is 3.35. The Bertz CT molecular complexity index is 865. The molecule has 0 radical (unpaired) electrons. The van der Waals surface area contributed by atoms with Crippen molar-refractivity contribution >= 4 is 39.3 Å². The molecule has 0 saturated heterocycles. The quantitative estimate of drug-likeness (QED) is 0.624. The minimum atomic E-state index is -0.0819. The van der Waals surface area contributed by atoms with Crippen LogP contribution in [0.5, 0.6) is 0 Å². The molecular weight excluding hydrogens is 388 g/mol. The fraction of sp³-hybridized carbons (Fsp3) is 0.118. The summed E-state index contributed by atoms with van der Waals surface area (Å²) in [6, 6.07) is 15.5. The van der Waals surface area contributed by atoms with Gasteiger partial charge in [-0.1, -0.05) is 64.1 Å². The lowest BCUT2D eigenvalue weighted by Gasteiger charge is -2.06. The predicted molar refractivity (Wildman–Crippen MR) is 100 cm³/mol. The zero-order valence-corrected chi connectivity index (χ0v) is 15.3. The Morgan fingerprint density at radius 2 is 1.96 bits per heavy atom. The Kier molecular flexibility index (Phi) is 5.32. The van der Waals surface area contributed by atoms with Crippen molar-refractivity contribution in [3.8, 4) is 11.4 Å². The molecule has 0 spiro atoms. The van der Waals surface area contributed by atoms with Crippen LogP contribution in [0.1, 0.15) is 5.56 Å². The molecule has 2 N–H and O–H groups in total. The van der Waals surface area contributed by atoms with Crippen LogP contribution < -0.4 is 5.32 Å². The molecule has 0 fully saturated rings. The summed E-state index contributed by atoms with van der Waals surface area (Å²) < 4.78 is 0.940.